The van der Waals surface area contributed by atoms with Crippen molar-refractivity contribution in [2.75, 3.05) is 20.1 Å². The second kappa shape index (κ2) is 7.48. The van der Waals surface area contributed by atoms with Crippen molar-refractivity contribution in [1.82, 2.24) is 15.5 Å². The molecular formula is C10H19N3O4. The number of amides is 3. The topological polar surface area (TPSA) is 98.7 Å². The SMILES string of the molecule is CCNC(=O)CNC(=O)N(C)C(CC)C(=O)O. The lowest BCUT2D eigenvalue weighted by Crippen LogP contribution is -2.49. The van der Waals surface area contributed by atoms with E-state index >= 15 is 0 Å². The summed E-state index contributed by atoms with van der Waals surface area (Å²) in [5.41, 5.74) is 0. The number of rotatable bonds is 6. The number of likely N-dealkylation sites (N-methyl/N-ethyl adjacent to an activating group) is 2. The van der Waals surface area contributed by atoms with E-state index < -0.39 is 18.0 Å². The van der Waals surface area contributed by atoms with Crippen LogP contribution in [0.1, 0.15) is 20.3 Å². The van der Waals surface area contributed by atoms with Crippen LogP contribution in [0.2, 0.25) is 0 Å². The van der Waals surface area contributed by atoms with Gasteiger partial charge in [0, 0.05) is 13.6 Å². The fraction of sp³-hybridized carbons (Fsp3) is 0.700. The summed E-state index contributed by atoms with van der Waals surface area (Å²) in [6.45, 7) is 3.76. The molecule has 0 rings (SSSR count). The summed E-state index contributed by atoms with van der Waals surface area (Å²) in [7, 11) is 1.38. The third-order valence-electron chi connectivity index (χ3n) is 2.23. The van der Waals surface area contributed by atoms with Gasteiger partial charge in [-0.25, -0.2) is 9.59 Å². The monoisotopic (exact) mass is 245 g/mol. The van der Waals surface area contributed by atoms with Crippen molar-refractivity contribution < 1.29 is 19.5 Å². The Hall–Kier alpha value is -1.79. The summed E-state index contributed by atoms with van der Waals surface area (Å²) in [6.07, 6.45) is 0.306. The van der Waals surface area contributed by atoms with Gasteiger partial charge in [-0.3, -0.25) is 4.79 Å². The van der Waals surface area contributed by atoms with E-state index in [2.05, 4.69) is 10.6 Å². The summed E-state index contributed by atoms with van der Waals surface area (Å²) in [5, 5.41) is 13.7. The van der Waals surface area contributed by atoms with Crippen LogP contribution < -0.4 is 10.6 Å². The standard InChI is InChI=1S/C10H19N3O4/c1-4-7(9(15)16)13(3)10(17)12-6-8(14)11-5-2/h7H,4-6H2,1-3H3,(H,11,14)(H,12,17)(H,15,16). The summed E-state index contributed by atoms with van der Waals surface area (Å²) < 4.78 is 0. The number of carboxylic acids is 1. The zero-order valence-electron chi connectivity index (χ0n) is 10.3. The summed E-state index contributed by atoms with van der Waals surface area (Å²) in [6, 6.07) is -1.46. The van der Waals surface area contributed by atoms with Crippen LogP contribution in [0.15, 0.2) is 0 Å². The van der Waals surface area contributed by atoms with Crippen LogP contribution in [0.3, 0.4) is 0 Å². The Labute approximate surface area is 100 Å². The maximum absolute atomic E-state index is 11.5. The van der Waals surface area contributed by atoms with Crippen molar-refractivity contribution in [3.63, 3.8) is 0 Å². The van der Waals surface area contributed by atoms with Gasteiger partial charge in [-0.05, 0) is 13.3 Å². The molecule has 3 amide bonds. The molecule has 0 saturated heterocycles. The van der Waals surface area contributed by atoms with Gasteiger partial charge in [-0.1, -0.05) is 6.92 Å². The van der Waals surface area contributed by atoms with Crippen LogP contribution in [0.25, 0.3) is 0 Å². The first kappa shape index (κ1) is 15.2. The third kappa shape index (κ3) is 5.19. The number of nitrogens with zero attached hydrogens (tertiary/aromatic N) is 1. The molecule has 0 fully saturated rings. The Bertz CT molecular complexity index is 293. The number of urea groups is 1. The lowest BCUT2D eigenvalue weighted by molar-refractivity contribution is -0.141. The van der Waals surface area contributed by atoms with E-state index in [0.29, 0.717) is 13.0 Å². The summed E-state index contributed by atoms with van der Waals surface area (Å²) in [5.74, 6) is -1.37. The highest BCUT2D eigenvalue weighted by atomic mass is 16.4. The molecule has 0 aromatic heterocycles. The average Bonchev–Trinajstić information content (AvgIpc) is 2.26. The number of carboxylic acid groups (broad SMARTS) is 1. The van der Waals surface area contributed by atoms with Crippen LogP contribution in [-0.2, 0) is 9.59 Å². The van der Waals surface area contributed by atoms with Crippen LogP contribution >= 0.6 is 0 Å². The van der Waals surface area contributed by atoms with Gasteiger partial charge in [0.05, 0.1) is 6.54 Å². The number of nitrogens with one attached hydrogen (secondary N) is 2. The van der Waals surface area contributed by atoms with Crippen molar-refractivity contribution in [1.29, 1.82) is 0 Å². The van der Waals surface area contributed by atoms with Crippen LogP contribution in [0.4, 0.5) is 4.79 Å². The van der Waals surface area contributed by atoms with Crippen LogP contribution in [0, 0.1) is 0 Å². The summed E-state index contributed by atoms with van der Waals surface area (Å²) >= 11 is 0. The lowest BCUT2D eigenvalue weighted by atomic mass is 10.2. The van der Waals surface area contributed by atoms with Gasteiger partial charge in [0.25, 0.3) is 0 Å². The average molecular weight is 245 g/mol. The molecule has 0 aliphatic carbocycles. The Morgan fingerprint density at radius 3 is 2.24 bits per heavy atom. The van der Waals surface area contributed by atoms with E-state index in [0.717, 1.165) is 4.90 Å². The van der Waals surface area contributed by atoms with Gasteiger partial charge in [-0.15, -0.1) is 0 Å². The molecule has 0 bridgehead atoms. The molecule has 98 valence electrons. The van der Waals surface area contributed by atoms with Gasteiger partial charge in [0.15, 0.2) is 0 Å². The minimum absolute atomic E-state index is 0.160. The van der Waals surface area contributed by atoms with Crippen molar-refractivity contribution in [3.8, 4) is 0 Å². The van der Waals surface area contributed by atoms with Gasteiger partial charge in [0.1, 0.15) is 6.04 Å². The minimum atomic E-state index is -1.07. The Morgan fingerprint density at radius 1 is 1.24 bits per heavy atom. The molecule has 0 heterocycles. The van der Waals surface area contributed by atoms with Gasteiger partial charge < -0.3 is 20.6 Å². The van der Waals surface area contributed by atoms with Gasteiger partial charge in [0.2, 0.25) is 5.91 Å². The molecule has 3 N–H and O–H groups in total. The van der Waals surface area contributed by atoms with Crippen molar-refractivity contribution >= 4 is 17.9 Å². The molecule has 1 atom stereocenters. The number of hydrogen-bond acceptors (Lipinski definition) is 3. The fourth-order valence-electron chi connectivity index (χ4n) is 1.30. The number of carbonyl (C=O) groups is 3. The molecule has 7 nitrogen and oxygen atoms in total. The molecular weight excluding hydrogens is 226 g/mol. The van der Waals surface area contributed by atoms with E-state index in [9.17, 15) is 14.4 Å². The second-order valence-electron chi connectivity index (χ2n) is 3.49. The van der Waals surface area contributed by atoms with E-state index in [4.69, 9.17) is 5.11 Å². The highest BCUT2D eigenvalue weighted by Gasteiger charge is 2.24. The maximum atomic E-state index is 11.5. The number of carbonyl (C=O) groups excluding carboxylic acids is 2. The molecule has 0 radical (unpaired) electrons. The zero-order valence-corrected chi connectivity index (χ0v) is 10.3. The molecule has 0 aliphatic heterocycles. The van der Waals surface area contributed by atoms with E-state index in [1.165, 1.54) is 7.05 Å². The predicted octanol–water partition coefficient (Wildman–Crippen LogP) is -0.373. The predicted molar refractivity (Wildman–Crippen MR) is 61.6 cm³/mol. The molecule has 0 aromatic carbocycles. The van der Waals surface area contributed by atoms with Crippen molar-refractivity contribution in [2.24, 2.45) is 0 Å². The molecule has 0 saturated carbocycles. The van der Waals surface area contributed by atoms with E-state index in [1.54, 1.807) is 13.8 Å². The van der Waals surface area contributed by atoms with Gasteiger partial charge in [-0.2, -0.15) is 0 Å². The maximum Gasteiger partial charge on any atom is 0.326 e. The van der Waals surface area contributed by atoms with Crippen LogP contribution in [0.5, 0.6) is 0 Å². The smallest absolute Gasteiger partial charge is 0.326 e. The molecule has 1 unspecified atom stereocenters. The molecule has 17 heavy (non-hydrogen) atoms. The highest BCUT2D eigenvalue weighted by Crippen LogP contribution is 2.01. The second-order valence-corrected chi connectivity index (χ2v) is 3.49. The van der Waals surface area contributed by atoms with E-state index in [-0.39, 0.29) is 12.5 Å². The molecule has 0 aliphatic rings. The Morgan fingerprint density at radius 2 is 1.82 bits per heavy atom. The Kier molecular flexibility index (Phi) is 6.69. The fourth-order valence-corrected chi connectivity index (χ4v) is 1.30. The quantitative estimate of drug-likeness (QED) is 0.594. The lowest BCUT2D eigenvalue weighted by Gasteiger charge is -2.23. The molecule has 7 heteroatoms. The van der Waals surface area contributed by atoms with Crippen LogP contribution in [-0.4, -0.2) is 54.1 Å². The molecule has 0 aromatic rings. The number of aliphatic carboxylic acids is 1. The molecule has 0 spiro atoms. The normalized spacial score (nSPS) is 11.5. The van der Waals surface area contributed by atoms with Crippen molar-refractivity contribution in [3.05, 3.63) is 0 Å². The first-order valence-electron chi connectivity index (χ1n) is 5.44. The highest BCUT2D eigenvalue weighted by molar-refractivity contribution is 5.86. The Balaban J connectivity index is 4.21. The first-order chi connectivity index (χ1) is 7.93. The summed E-state index contributed by atoms with van der Waals surface area (Å²) in [4.78, 5) is 34.5. The number of hydrogen-bond donors (Lipinski definition) is 3. The zero-order chi connectivity index (χ0) is 13.4. The largest absolute Gasteiger partial charge is 0.480 e. The minimum Gasteiger partial charge on any atom is -0.480 e. The van der Waals surface area contributed by atoms with Gasteiger partial charge >= 0.3 is 12.0 Å². The van der Waals surface area contributed by atoms with Crippen molar-refractivity contribution in [2.45, 2.75) is 26.3 Å². The third-order valence-corrected chi connectivity index (χ3v) is 2.23. The first-order valence-corrected chi connectivity index (χ1v) is 5.44. The van der Waals surface area contributed by atoms with E-state index in [1.807, 2.05) is 0 Å².